The summed E-state index contributed by atoms with van der Waals surface area (Å²) in [6.45, 7) is 1.65. The highest BCUT2D eigenvalue weighted by molar-refractivity contribution is 5.79. The van der Waals surface area contributed by atoms with Gasteiger partial charge in [0.1, 0.15) is 5.82 Å². The van der Waals surface area contributed by atoms with Crippen molar-refractivity contribution in [3.8, 4) is 0 Å². The van der Waals surface area contributed by atoms with Gasteiger partial charge in [0.15, 0.2) is 5.96 Å². The Morgan fingerprint density at radius 1 is 0.870 bits per heavy atom. The van der Waals surface area contributed by atoms with E-state index in [1.807, 2.05) is 18.2 Å². The highest BCUT2D eigenvalue weighted by atomic mass is 19.1. The molecule has 0 aromatic heterocycles. The topological polar surface area (TPSA) is 36.4 Å². The van der Waals surface area contributed by atoms with Gasteiger partial charge in [-0.05, 0) is 42.5 Å². The number of hydrogen-bond donors (Lipinski definition) is 2. The fraction of sp³-hybridized carbons (Fsp3) is 0.316. The maximum Gasteiger partial charge on any atom is 0.190 e. The van der Waals surface area contributed by atoms with Crippen molar-refractivity contribution in [2.24, 2.45) is 4.99 Å². The molecule has 0 spiro atoms. The van der Waals surface area contributed by atoms with Crippen LogP contribution in [0.15, 0.2) is 59.6 Å². The Morgan fingerprint density at radius 2 is 1.52 bits per heavy atom. The van der Waals surface area contributed by atoms with Crippen LogP contribution in [0.1, 0.15) is 17.5 Å². The second kappa shape index (κ2) is 9.62. The SMILES string of the molecule is CN=C(NCCCc1ccccc1)NCCc1ccc(F)cc1. The van der Waals surface area contributed by atoms with Crippen molar-refractivity contribution < 1.29 is 4.39 Å². The monoisotopic (exact) mass is 313 g/mol. The van der Waals surface area contributed by atoms with Gasteiger partial charge in [0.25, 0.3) is 0 Å². The Bertz CT molecular complexity index is 594. The van der Waals surface area contributed by atoms with Crippen LogP contribution < -0.4 is 10.6 Å². The predicted octanol–water partition coefficient (Wildman–Crippen LogP) is 3.17. The number of nitrogens with zero attached hydrogens (tertiary/aromatic N) is 1. The fourth-order valence-electron chi connectivity index (χ4n) is 2.34. The molecule has 0 heterocycles. The van der Waals surface area contributed by atoms with Crippen molar-refractivity contribution in [3.63, 3.8) is 0 Å². The summed E-state index contributed by atoms with van der Waals surface area (Å²) >= 11 is 0. The van der Waals surface area contributed by atoms with Gasteiger partial charge in [-0.1, -0.05) is 42.5 Å². The Labute approximate surface area is 137 Å². The van der Waals surface area contributed by atoms with E-state index in [4.69, 9.17) is 0 Å². The predicted molar refractivity (Wildman–Crippen MR) is 94.2 cm³/mol. The normalized spacial score (nSPS) is 11.3. The van der Waals surface area contributed by atoms with Crippen molar-refractivity contribution in [2.45, 2.75) is 19.3 Å². The second-order valence-electron chi connectivity index (χ2n) is 5.39. The molecule has 23 heavy (non-hydrogen) atoms. The first-order valence-corrected chi connectivity index (χ1v) is 8.01. The van der Waals surface area contributed by atoms with Gasteiger partial charge in [0.2, 0.25) is 0 Å². The molecule has 0 saturated carbocycles. The molecule has 2 N–H and O–H groups in total. The third-order valence-corrected chi connectivity index (χ3v) is 3.62. The number of rotatable bonds is 7. The number of aryl methyl sites for hydroxylation is 1. The van der Waals surface area contributed by atoms with E-state index in [-0.39, 0.29) is 5.82 Å². The number of nitrogens with one attached hydrogen (secondary N) is 2. The largest absolute Gasteiger partial charge is 0.356 e. The zero-order chi connectivity index (χ0) is 16.3. The van der Waals surface area contributed by atoms with E-state index >= 15 is 0 Å². The molecule has 0 aliphatic rings. The maximum absolute atomic E-state index is 12.8. The molecule has 0 aliphatic heterocycles. The van der Waals surface area contributed by atoms with Crippen molar-refractivity contribution >= 4 is 5.96 Å². The molecule has 122 valence electrons. The summed E-state index contributed by atoms with van der Waals surface area (Å²) in [7, 11) is 1.77. The maximum atomic E-state index is 12.8. The summed E-state index contributed by atoms with van der Waals surface area (Å²) in [5.74, 6) is 0.609. The molecule has 2 rings (SSSR count). The lowest BCUT2D eigenvalue weighted by atomic mass is 10.1. The van der Waals surface area contributed by atoms with E-state index in [9.17, 15) is 4.39 Å². The molecule has 0 saturated heterocycles. The summed E-state index contributed by atoms with van der Waals surface area (Å²) in [5, 5.41) is 6.59. The number of aliphatic imine (C=N–C) groups is 1. The third-order valence-electron chi connectivity index (χ3n) is 3.62. The van der Waals surface area contributed by atoms with Gasteiger partial charge in [-0.3, -0.25) is 4.99 Å². The summed E-state index contributed by atoms with van der Waals surface area (Å²) < 4.78 is 12.8. The summed E-state index contributed by atoms with van der Waals surface area (Å²) in [6, 6.07) is 17.1. The van der Waals surface area contributed by atoms with E-state index in [2.05, 4.69) is 39.9 Å². The molecule has 3 nitrogen and oxygen atoms in total. The van der Waals surface area contributed by atoms with Crippen molar-refractivity contribution in [2.75, 3.05) is 20.1 Å². The van der Waals surface area contributed by atoms with Crippen LogP contribution in [0.3, 0.4) is 0 Å². The highest BCUT2D eigenvalue weighted by Gasteiger charge is 1.99. The van der Waals surface area contributed by atoms with Gasteiger partial charge < -0.3 is 10.6 Å². The van der Waals surface area contributed by atoms with Gasteiger partial charge in [-0.15, -0.1) is 0 Å². The standard InChI is InChI=1S/C19H24FN3/c1-21-19(22-14-5-8-16-6-3-2-4-7-16)23-15-13-17-9-11-18(20)12-10-17/h2-4,6-7,9-12H,5,8,13-15H2,1H3,(H2,21,22,23). The summed E-state index contributed by atoms with van der Waals surface area (Å²) in [5.41, 5.74) is 2.46. The minimum atomic E-state index is -0.197. The lowest BCUT2D eigenvalue weighted by molar-refractivity contribution is 0.626. The van der Waals surface area contributed by atoms with Gasteiger partial charge in [0.05, 0.1) is 0 Å². The molecule has 0 radical (unpaired) electrons. The van der Waals surface area contributed by atoms with Crippen molar-refractivity contribution in [1.82, 2.24) is 10.6 Å². The fourth-order valence-corrected chi connectivity index (χ4v) is 2.34. The van der Waals surface area contributed by atoms with E-state index in [1.165, 1.54) is 17.7 Å². The van der Waals surface area contributed by atoms with Gasteiger partial charge >= 0.3 is 0 Å². The van der Waals surface area contributed by atoms with Gasteiger partial charge in [-0.25, -0.2) is 4.39 Å². The first-order valence-electron chi connectivity index (χ1n) is 8.01. The Morgan fingerprint density at radius 3 is 2.22 bits per heavy atom. The average molecular weight is 313 g/mol. The van der Waals surface area contributed by atoms with E-state index in [0.717, 1.165) is 43.9 Å². The highest BCUT2D eigenvalue weighted by Crippen LogP contribution is 2.03. The molecule has 0 fully saturated rings. The first-order chi connectivity index (χ1) is 11.3. The summed E-state index contributed by atoms with van der Waals surface area (Å²) in [6.07, 6.45) is 2.95. The van der Waals surface area contributed by atoms with Crippen LogP contribution in [0.2, 0.25) is 0 Å². The van der Waals surface area contributed by atoms with Crippen LogP contribution in [-0.4, -0.2) is 26.1 Å². The minimum Gasteiger partial charge on any atom is -0.356 e. The zero-order valence-corrected chi connectivity index (χ0v) is 13.6. The lowest BCUT2D eigenvalue weighted by Gasteiger charge is -2.12. The molecule has 0 unspecified atom stereocenters. The molecule has 2 aromatic rings. The number of guanidine groups is 1. The van der Waals surface area contributed by atoms with Gasteiger partial charge in [-0.2, -0.15) is 0 Å². The molecular weight excluding hydrogens is 289 g/mol. The number of hydrogen-bond acceptors (Lipinski definition) is 1. The molecule has 0 amide bonds. The van der Waals surface area contributed by atoms with E-state index in [0.29, 0.717) is 0 Å². The Balaban J connectivity index is 1.62. The minimum absolute atomic E-state index is 0.197. The average Bonchev–Trinajstić information content (AvgIpc) is 2.59. The van der Waals surface area contributed by atoms with Crippen LogP contribution >= 0.6 is 0 Å². The second-order valence-corrected chi connectivity index (χ2v) is 5.39. The number of halogens is 1. The smallest absolute Gasteiger partial charge is 0.190 e. The summed E-state index contributed by atoms with van der Waals surface area (Å²) in [4.78, 5) is 4.21. The van der Waals surface area contributed by atoms with Gasteiger partial charge in [0, 0.05) is 20.1 Å². The lowest BCUT2D eigenvalue weighted by Crippen LogP contribution is -2.38. The van der Waals surface area contributed by atoms with Crippen LogP contribution in [0.5, 0.6) is 0 Å². The quantitative estimate of drug-likeness (QED) is 0.468. The van der Waals surface area contributed by atoms with E-state index < -0.39 is 0 Å². The first kappa shape index (κ1) is 17.0. The zero-order valence-electron chi connectivity index (χ0n) is 13.6. The van der Waals surface area contributed by atoms with Crippen LogP contribution in [-0.2, 0) is 12.8 Å². The number of benzene rings is 2. The third kappa shape index (κ3) is 6.51. The van der Waals surface area contributed by atoms with Crippen LogP contribution in [0.4, 0.5) is 4.39 Å². The molecule has 2 aromatic carbocycles. The Kier molecular flexibility index (Phi) is 7.11. The molecule has 4 heteroatoms. The van der Waals surface area contributed by atoms with Crippen molar-refractivity contribution in [1.29, 1.82) is 0 Å². The molecule has 0 bridgehead atoms. The van der Waals surface area contributed by atoms with Crippen molar-refractivity contribution in [3.05, 3.63) is 71.5 Å². The van der Waals surface area contributed by atoms with Crippen LogP contribution in [0.25, 0.3) is 0 Å². The molecular formula is C19H24FN3. The van der Waals surface area contributed by atoms with E-state index in [1.54, 1.807) is 7.05 Å². The molecule has 0 aliphatic carbocycles. The van der Waals surface area contributed by atoms with Crippen LogP contribution in [0, 0.1) is 5.82 Å². The Hall–Kier alpha value is -2.36. The molecule has 0 atom stereocenters.